The highest BCUT2D eigenvalue weighted by Crippen LogP contribution is 2.22. The average Bonchev–Trinajstić information content (AvgIpc) is 2.69. The van der Waals surface area contributed by atoms with Crippen LogP contribution in [0.2, 0.25) is 0 Å². The molecule has 5 heteroatoms. The lowest BCUT2D eigenvalue weighted by molar-refractivity contribution is -0.114. The van der Waals surface area contributed by atoms with E-state index >= 15 is 0 Å². The Bertz CT molecular complexity index is 997. The molecule has 0 spiro atoms. The van der Waals surface area contributed by atoms with Crippen LogP contribution in [0.15, 0.2) is 72.8 Å². The molecule has 0 unspecified atom stereocenters. The third-order valence-electron chi connectivity index (χ3n) is 4.57. The lowest BCUT2D eigenvalue weighted by atomic mass is 10.0. The maximum atomic E-state index is 11.3. The zero-order valence-electron chi connectivity index (χ0n) is 16.3. The predicted molar refractivity (Wildman–Crippen MR) is 116 cm³/mol. The summed E-state index contributed by atoms with van der Waals surface area (Å²) in [7, 11) is 0. The van der Waals surface area contributed by atoms with Crippen LogP contribution in [-0.2, 0) is 17.6 Å². The monoisotopic (exact) mass is 388 g/mol. The van der Waals surface area contributed by atoms with Gasteiger partial charge in [-0.2, -0.15) is 0 Å². The molecule has 0 aliphatic heterocycles. The quantitative estimate of drug-likeness (QED) is 0.492. The molecule has 0 bridgehead atoms. The molecule has 1 amide bonds. The van der Waals surface area contributed by atoms with Crippen molar-refractivity contribution in [1.82, 2.24) is 0 Å². The number of carbonyl (C=O) groups excluding carboxylic acids is 1. The fourth-order valence-corrected chi connectivity index (χ4v) is 3.19. The Hall–Kier alpha value is -3.60. The van der Waals surface area contributed by atoms with E-state index < -0.39 is 5.97 Å². The van der Waals surface area contributed by atoms with Crippen LogP contribution >= 0.6 is 0 Å². The van der Waals surface area contributed by atoms with Crippen LogP contribution in [-0.4, -0.2) is 17.0 Å². The van der Waals surface area contributed by atoms with Gasteiger partial charge in [-0.1, -0.05) is 36.4 Å². The summed E-state index contributed by atoms with van der Waals surface area (Å²) >= 11 is 0. The molecule has 0 aromatic heterocycles. The van der Waals surface area contributed by atoms with E-state index in [2.05, 4.69) is 28.8 Å². The number of nitrogens with one attached hydrogen (secondary N) is 2. The highest BCUT2D eigenvalue weighted by Gasteiger charge is 2.08. The number of hydrogen-bond donors (Lipinski definition) is 3. The van der Waals surface area contributed by atoms with Gasteiger partial charge in [0, 0.05) is 18.3 Å². The summed E-state index contributed by atoms with van der Waals surface area (Å²) in [5.41, 5.74) is 4.92. The molecule has 3 aromatic rings. The van der Waals surface area contributed by atoms with Crippen molar-refractivity contribution in [3.05, 3.63) is 89.5 Å². The van der Waals surface area contributed by atoms with Crippen LogP contribution in [0.1, 0.15) is 34.8 Å². The van der Waals surface area contributed by atoms with E-state index in [-0.39, 0.29) is 11.5 Å². The SMILES string of the molecule is CC(=O)Nc1cccc(CCCc2ccc(Nc3ccccc3C(=O)O)cc2)c1. The van der Waals surface area contributed by atoms with Gasteiger partial charge < -0.3 is 15.7 Å². The van der Waals surface area contributed by atoms with E-state index in [1.165, 1.54) is 18.1 Å². The van der Waals surface area contributed by atoms with Gasteiger partial charge in [-0.3, -0.25) is 4.79 Å². The number of aromatic carboxylic acids is 1. The number of anilines is 3. The topological polar surface area (TPSA) is 78.4 Å². The van der Waals surface area contributed by atoms with Crippen molar-refractivity contribution in [3.8, 4) is 0 Å². The van der Waals surface area contributed by atoms with Gasteiger partial charge in [0.2, 0.25) is 5.91 Å². The molecule has 3 N–H and O–H groups in total. The lowest BCUT2D eigenvalue weighted by Crippen LogP contribution is -2.05. The molecular formula is C24H24N2O3. The number of carboxylic acids is 1. The Balaban J connectivity index is 1.55. The Labute approximate surface area is 170 Å². The smallest absolute Gasteiger partial charge is 0.337 e. The fourth-order valence-electron chi connectivity index (χ4n) is 3.19. The molecule has 3 rings (SSSR count). The predicted octanol–water partition coefficient (Wildman–Crippen LogP) is 5.26. The molecule has 0 atom stereocenters. The first-order valence-corrected chi connectivity index (χ1v) is 9.56. The van der Waals surface area contributed by atoms with Gasteiger partial charge in [0.1, 0.15) is 0 Å². The first kappa shape index (κ1) is 20.1. The van der Waals surface area contributed by atoms with E-state index in [9.17, 15) is 14.7 Å². The van der Waals surface area contributed by atoms with E-state index in [1.807, 2.05) is 36.4 Å². The van der Waals surface area contributed by atoms with Crippen molar-refractivity contribution in [2.75, 3.05) is 10.6 Å². The molecule has 0 aliphatic rings. The number of aryl methyl sites for hydroxylation is 2. The van der Waals surface area contributed by atoms with Gasteiger partial charge in [-0.05, 0) is 66.8 Å². The first-order valence-electron chi connectivity index (χ1n) is 9.56. The molecule has 5 nitrogen and oxygen atoms in total. The lowest BCUT2D eigenvalue weighted by Gasteiger charge is -2.10. The summed E-state index contributed by atoms with van der Waals surface area (Å²) in [6.07, 6.45) is 2.87. The van der Waals surface area contributed by atoms with Gasteiger partial charge in [-0.25, -0.2) is 4.79 Å². The first-order chi connectivity index (χ1) is 14.0. The number of carboxylic acid groups (broad SMARTS) is 1. The van der Waals surface area contributed by atoms with E-state index in [4.69, 9.17) is 0 Å². The van der Waals surface area contributed by atoms with Crippen LogP contribution in [0.5, 0.6) is 0 Å². The summed E-state index contributed by atoms with van der Waals surface area (Å²) in [4.78, 5) is 22.5. The van der Waals surface area contributed by atoms with Crippen LogP contribution in [0.25, 0.3) is 0 Å². The van der Waals surface area contributed by atoms with Gasteiger partial charge in [0.15, 0.2) is 0 Å². The molecule has 0 saturated heterocycles. The number of para-hydroxylation sites is 1. The standard InChI is InChI=1S/C24H24N2O3/c1-17(27)25-21-9-5-8-19(16-21)7-4-6-18-12-14-20(15-13-18)26-23-11-3-2-10-22(23)24(28)29/h2-3,5,8-16,26H,4,6-7H2,1H3,(H,25,27)(H,28,29). The second-order valence-electron chi connectivity index (χ2n) is 6.91. The number of amides is 1. The summed E-state index contributed by atoms with van der Waals surface area (Å²) < 4.78 is 0. The molecule has 0 radical (unpaired) electrons. The third-order valence-corrected chi connectivity index (χ3v) is 4.57. The van der Waals surface area contributed by atoms with Crippen molar-refractivity contribution in [3.63, 3.8) is 0 Å². The van der Waals surface area contributed by atoms with E-state index in [0.717, 1.165) is 30.6 Å². The summed E-state index contributed by atoms with van der Waals surface area (Å²) in [6, 6.07) is 22.8. The molecule has 0 saturated carbocycles. The van der Waals surface area contributed by atoms with Crippen molar-refractivity contribution in [2.45, 2.75) is 26.2 Å². The third kappa shape index (κ3) is 5.94. The van der Waals surface area contributed by atoms with Gasteiger partial charge in [0.25, 0.3) is 0 Å². The van der Waals surface area contributed by atoms with Crippen molar-refractivity contribution in [1.29, 1.82) is 0 Å². The Morgan fingerprint density at radius 3 is 2.28 bits per heavy atom. The maximum Gasteiger partial charge on any atom is 0.337 e. The Kier molecular flexibility index (Phi) is 6.63. The Morgan fingerprint density at radius 2 is 1.55 bits per heavy atom. The van der Waals surface area contributed by atoms with Crippen molar-refractivity contribution in [2.24, 2.45) is 0 Å². The number of hydrogen-bond acceptors (Lipinski definition) is 3. The molecule has 3 aromatic carbocycles. The molecular weight excluding hydrogens is 364 g/mol. The van der Waals surface area contributed by atoms with Gasteiger partial charge in [0.05, 0.1) is 11.3 Å². The maximum absolute atomic E-state index is 11.3. The van der Waals surface area contributed by atoms with Gasteiger partial charge >= 0.3 is 5.97 Å². The minimum Gasteiger partial charge on any atom is -0.478 e. The van der Waals surface area contributed by atoms with E-state index in [0.29, 0.717) is 5.69 Å². The summed E-state index contributed by atoms with van der Waals surface area (Å²) in [6.45, 7) is 1.51. The highest BCUT2D eigenvalue weighted by atomic mass is 16.4. The zero-order valence-corrected chi connectivity index (χ0v) is 16.3. The largest absolute Gasteiger partial charge is 0.478 e. The van der Waals surface area contributed by atoms with Crippen molar-refractivity contribution < 1.29 is 14.7 Å². The summed E-state index contributed by atoms with van der Waals surface area (Å²) in [5, 5.41) is 15.3. The van der Waals surface area contributed by atoms with Gasteiger partial charge in [-0.15, -0.1) is 0 Å². The fraction of sp³-hybridized carbons (Fsp3) is 0.167. The normalized spacial score (nSPS) is 10.4. The zero-order chi connectivity index (χ0) is 20.6. The minimum atomic E-state index is -0.952. The molecule has 148 valence electrons. The number of benzene rings is 3. The molecule has 0 fully saturated rings. The second-order valence-corrected chi connectivity index (χ2v) is 6.91. The summed E-state index contributed by atoms with van der Waals surface area (Å²) in [5.74, 6) is -1.02. The van der Waals surface area contributed by atoms with Crippen molar-refractivity contribution >= 4 is 28.9 Å². The average molecular weight is 388 g/mol. The van der Waals surface area contributed by atoms with Crippen LogP contribution < -0.4 is 10.6 Å². The van der Waals surface area contributed by atoms with Crippen LogP contribution in [0, 0.1) is 0 Å². The van der Waals surface area contributed by atoms with Crippen LogP contribution in [0.4, 0.5) is 17.1 Å². The van der Waals surface area contributed by atoms with E-state index in [1.54, 1.807) is 18.2 Å². The molecule has 29 heavy (non-hydrogen) atoms. The Morgan fingerprint density at radius 1 is 0.828 bits per heavy atom. The molecule has 0 heterocycles. The molecule has 0 aliphatic carbocycles. The number of carbonyl (C=O) groups is 2. The second kappa shape index (κ2) is 9.55. The van der Waals surface area contributed by atoms with Crippen LogP contribution in [0.3, 0.4) is 0 Å². The highest BCUT2D eigenvalue weighted by molar-refractivity contribution is 5.95. The minimum absolute atomic E-state index is 0.0678. The number of rotatable bonds is 8.